The van der Waals surface area contributed by atoms with Crippen LogP contribution in [0.1, 0.15) is 21.5 Å². The fraction of sp³-hybridized carbons (Fsp3) is 0.222. The molecule has 0 aromatic heterocycles. The summed E-state index contributed by atoms with van der Waals surface area (Å²) in [5.74, 6) is -1.37. The maximum Gasteiger partial charge on any atom is 0.337 e. The predicted molar refractivity (Wildman–Crippen MR) is 52.7 cm³/mol. The van der Waals surface area contributed by atoms with E-state index in [9.17, 15) is 13.2 Å². The van der Waals surface area contributed by atoms with E-state index in [1.807, 2.05) is 0 Å². The molecule has 0 aliphatic heterocycles. The van der Waals surface area contributed by atoms with Crippen LogP contribution in [0.5, 0.6) is 0 Å². The summed E-state index contributed by atoms with van der Waals surface area (Å²) in [6.45, 7) is 3.16. The maximum atomic E-state index is 10.9. The quantitative estimate of drug-likeness (QED) is 0.746. The Morgan fingerprint density at radius 3 is 2.20 bits per heavy atom. The van der Waals surface area contributed by atoms with Crippen molar-refractivity contribution < 1.29 is 22.9 Å². The molecule has 0 saturated heterocycles. The van der Waals surface area contributed by atoms with Gasteiger partial charge < -0.3 is 5.11 Å². The van der Waals surface area contributed by atoms with Crippen molar-refractivity contribution in [1.82, 2.24) is 0 Å². The first kappa shape index (κ1) is 11.7. The van der Waals surface area contributed by atoms with Crippen LogP contribution in [0.4, 0.5) is 0 Å². The van der Waals surface area contributed by atoms with Crippen molar-refractivity contribution in [3.05, 3.63) is 28.8 Å². The molecule has 0 saturated carbocycles. The molecule has 0 atom stereocenters. The number of rotatable bonds is 2. The van der Waals surface area contributed by atoms with Crippen molar-refractivity contribution >= 4 is 16.1 Å². The minimum atomic E-state index is -4.50. The lowest BCUT2D eigenvalue weighted by atomic mass is 10.0. The topological polar surface area (TPSA) is 91.7 Å². The third kappa shape index (κ3) is 2.16. The molecular formula is C9H10O5S. The molecule has 5 nitrogen and oxygen atoms in total. The van der Waals surface area contributed by atoms with Crippen LogP contribution in [-0.4, -0.2) is 24.0 Å². The SMILES string of the molecule is Cc1ccc(S(=O)(=O)O)c(C(=O)O)c1C. The number of aryl methyl sites for hydroxylation is 1. The molecule has 0 radical (unpaired) electrons. The van der Waals surface area contributed by atoms with Gasteiger partial charge >= 0.3 is 5.97 Å². The lowest BCUT2D eigenvalue weighted by Crippen LogP contribution is -2.11. The Hall–Kier alpha value is -1.40. The van der Waals surface area contributed by atoms with Crippen molar-refractivity contribution in [3.8, 4) is 0 Å². The Labute approximate surface area is 87.1 Å². The summed E-state index contributed by atoms with van der Waals surface area (Å²) in [6, 6.07) is 2.53. The number of carboxylic acid groups (broad SMARTS) is 1. The third-order valence-corrected chi connectivity index (χ3v) is 3.09. The second-order valence-corrected chi connectivity index (χ2v) is 4.55. The van der Waals surface area contributed by atoms with E-state index < -0.39 is 21.0 Å². The Morgan fingerprint density at radius 1 is 1.27 bits per heavy atom. The van der Waals surface area contributed by atoms with Gasteiger partial charge in [-0.2, -0.15) is 8.42 Å². The molecule has 0 fully saturated rings. The lowest BCUT2D eigenvalue weighted by molar-refractivity contribution is 0.0691. The molecule has 0 spiro atoms. The molecule has 6 heteroatoms. The van der Waals surface area contributed by atoms with Crippen LogP contribution in [0.15, 0.2) is 17.0 Å². The zero-order valence-electron chi connectivity index (χ0n) is 8.18. The number of carbonyl (C=O) groups is 1. The van der Waals surface area contributed by atoms with Crippen LogP contribution in [0.25, 0.3) is 0 Å². The van der Waals surface area contributed by atoms with E-state index >= 15 is 0 Å². The highest BCUT2D eigenvalue weighted by Gasteiger charge is 2.22. The van der Waals surface area contributed by atoms with Crippen LogP contribution < -0.4 is 0 Å². The lowest BCUT2D eigenvalue weighted by Gasteiger charge is -2.08. The van der Waals surface area contributed by atoms with Gasteiger partial charge in [-0.05, 0) is 31.0 Å². The number of carboxylic acids is 1. The molecule has 0 bridgehead atoms. The minimum absolute atomic E-state index is 0.331. The number of benzene rings is 1. The average molecular weight is 230 g/mol. The largest absolute Gasteiger partial charge is 0.478 e. The van der Waals surface area contributed by atoms with Crippen LogP contribution in [0.2, 0.25) is 0 Å². The zero-order chi connectivity index (χ0) is 11.8. The van der Waals surface area contributed by atoms with Gasteiger partial charge in [0.25, 0.3) is 10.1 Å². The third-order valence-electron chi connectivity index (χ3n) is 2.19. The standard InChI is InChI=1S/C9H10O5S/c1-5-3-4-7(15(12,13)14)8(6(5)2)9(10)11/h3-4H,1-2H3,(H,10,11)(H,12,13,14). The molecule has 82 valence electrons. The fourth-order valence-corrected chi connectivity index (χ4v) is 2.01. The molecule has 1 aromatic rings. The maximum absolute atomic E-state index is 10.9. The normalized spacial score (nSPS) is 11.4. The molecule has 15 heavy (non-hydrogen) atoms. The van der Waals surface area contributed by atoms with Gasteiger partial charge in [0.05, 0.1) is 5.56 Å². The summed E-state index contributed by atoms with van der Waals surface area (Å²) in [6.07, 6.45) is 0. The molecule has 0 amide bonds. The molecule has 0 unspecified atom stereocenters. The first-order valence-electron chi connectivity index (χ1n) is 4.06. The molecule has 2 N–H and O–H groups in total. The first-order chi connectivity index (χ1) is 6.75. The highest BCUT2D eigenvalue weighted by Crippen LogP contribution is 2.22. The van der Waals surface area contributed by atoms with Crippen molar-refractivity contribution in [3.63, 3.8) is 0 Å². The molecule has 1 rings (SSSR count). The molecule has 0 aliphatic carbocycles. The van der Waals surface area contributed by atoms with Gasteiger partial charge in [-0.15, -0.1) is 0 Å². The molecular weight excluding hydrogens is 220 g/mol. The fourth-order valence-electron chi connectivity index (χ4n) is 1.27. The minimum Gasteiger partial charge on any atom is -0.478 e. The van der Waals surface area contributed by atoms with E-state index in [1.54, 1.807) is 6.92 Å². The van der Waals surface area contributed by atoms with Crippen LogP contribution in [0, 0.1) is 13.8 Å². The van der Waals surface area contributed by atoms with E-state index in [4.69, 9.17) is 9.66 Å². The van der Waals surface area contributed by atoms with Crippen molar-refractivity contribution in [2.45, 2.75) is 18.7 Å². The smallest absolute Gasteiger partial charge is 0.337 e. The van der Waals surface area contributed by atoms with Gasteiger partial charge in [0.1, 0.15) is 4.90 Å². The van der Waals surface area contributed by atoms with Crippen molar-refractivity contribution in [1.29, 1.82) is 0 Å². The van der Waals surface area contributed by atoms with Gasteiger partial charge in [0.2, 0.25) is 0 Å². The average Bonchev–Trinajstić information content (AvgIpc) is 2.06. The van der Waals surface area contributed by atoms with E-state index in [-0.39, 0.29) is 5.56 Å². The highest BCUT2D eigenvalue weighted by molar-refractivity contribution is 7.86. The van der Waals surface area contributed by atoms with Crippen LogP contribution >= 0.6 is 0 Å². The van der Waals surface area contributed by atoms with E-state index in [0.29, 0.717) is 11.1 Å². The Balaban J connectivity index is 3.70. The summed E-state index contributed by atoms with van der Waals surface area (Å²) in [5.41, 5.74) is 0.606. The van der Waals surface area contributed by atoms with Gasteiger partial charge in [0.15, 0.2) is 0 Å². The van der Waals surface area contributed by atoms with Gasteiger partial charge in [-0.3, -0.25) is 4.55 Å². The molecule has 1 aromatic carbocycles. The van der Waals surface area contributed by atoms with Crippen molar-refractivity contribution in [2.75, 3.05) is 0 Å². The summed E-state index contributed by atoms with van der Waals surface area (Å²) >= 11 is 0. The van der Waals surface area contributed by atoms with E-state index in [2.05, 4.69) is 0 Å². The number of hydrogen-bond donors (Lipinski definition) is 2. The van der Waals surface area contributed by atoms with Crippen molar-refractivity contribution in [2.24, 2.45) is 0 Å². The summed E-state index contributed by atoms with van der Waals surface area (Å²) in [4.78, 5) is 10.3. The summed E-state index contributed by atoms with van der Waals surface area (Å²) in [5, 5.41) is 8.86. The van der Waals surface area contributed by atoms with E-state index in [1.165, 1.54) is 13.0 Å². The van der Waals surface area contributed by atoms with Gasteiger partial charge in [0, 0.05) is 0 Å². The molecule has 0 heterocycles. The van der Waals surface area contributed by atoms with E-state index in [0.717, 1.165) is 6.07 Å². The monoisotopic (exact) mass is 230 g/mol. The highest BCUT2D eigenvalue weighted by atomic mass is 32.2. The molecule has 0 aliphatic rings. The predicted octanol–water partition coefficient (Wildman–Crippen LogP) is 1.25. The Bertz CT molecular complexity index is 516. The summed E-state index contributed by atoms with van der Waals surface area (Å²) in [7, 11) is -4.50. The number of aromatic carboxylic acids is 1. The second-order valence-electron chi connectivity index (χ2n) is 3.16. The van der Waals surface area contributed by atoms with Crippen LogP contribution in [0.3, 0.4) is 0 Å². The number of hydrogen-bond acceptors (Lipinski definition) is 3. The Morgan fingerprint density at radius 2 is 1.80 bits per heavy atom. The Kier molecular flexibility index (Phi) is 2.83. The van der Waals surface area contributed by atoms with Gasteiger partial charge in [-0.1, -0.05) is 6.07 Å². The van der Waals surface area contributed by atoms with Crippen LogP contribution in [-0.2, 0) is 10.1 Å². The zero-order valence-corrected chi connectivity index (χ0v) is 9.00. The summed E-state index contributed by atoms with van der Waals surface area (Å²) < 4.78 is 30.7. The first-order valence-corrected chi connectivity index (χ1v) is 5.50. The second kappa shape index (κ2) is 3.63. The van der Waals surface area contributed by atoms with Gasteiger partial charge in [-0.25, -0.2) is 4.79 Å².